The van der Waals surface area contributed by atoms with Gasteiger partial charge in [0.1, 0.15) is 5.82 Å². The van der Waals surface area contributed by atoms with Crippen molar-refractivity contribution in [3.8, 4) is 0 Å². The zero-order chi connectivity index (χ0) is 13.7. The second kappa shape index (κ2) is 6.89. The van der Waals surface area contributed by atoms with Crippen LogP contribution in [0.4, 0.5) is 0 Å². The number of hydrogen-bond donors (Lipinski definition) is 1. The zero-order valence-corrected chi connectivity index (χ0v) is 12.2. The van der Waals surface area contributed by atoms with Gasteiger partial charge in [-0.1, -0.05) is 24.6 Å². The van der Waals surface area contributed by atoms with E-state index in [4.69, 9.17) is 16.3 Å². The SMILES string of the molecule is CCCn1c(CNCCOC)nc2cccc(Cl)c21. The van der Waals surface area contributed by atoms with Gasteiger partial charge in [0, 0.05) is 20.2 Å². The molecule has 0 radical (unpaired) electrons. The van der Waals surface area contributed by atoms with E-state index in [0.717, 1.165) is 47.9 Å². The lowest BCUT2D eigenvalue weighted by molar-refractivity contribution is 0.199. The quantitative estimate of drug-likeness (QED) is 0.793. The molecule has 0 bridgehead atoms. The molecule has 19 heavy (non-hydrogen) atoms. The molecule has 0 spiro atoms. The van der Waals surface area contributed by atoms with Crippen molar-refractivity contribution in [2.24, 2.45) is 0 Å². The molecule has 0 atom stereocenters. The Hall–Kier alpha value is -1.10. The predicted octanol–water partition coefficient (Wildman–Crippen LogP) is 2.84. The number of aryl methyl sites for hydroxylation is 1. The van der Waals surface area contributed by atoms with Crippen LogP contribution in [0.25, 0.3) is 11.0 Å². The van der Waals surface area contributed by atoms with Crippen LogP contribution in [0.15, 0.2) is 18.2 Å². The molecule has 5 heteroatoms. The fraction of sp³-hybridized carbons (Fsp3) is 0.500. The molecule has 0 aliphatic rings. The summed E-state index contributed by atoms with van der Waals surface area (Å²) in [5.74, 6) is 1.03. The number of fused-ring (bicyclic) bond motifs is 1. The van der Waals surface area contributed by atoms with Crippen molar-refractivity contribution in [2.75, 3.05) is 20.3 Å². The van der Waals surface area contributed by atoms with Crippen molar-refractivity contribution < 1.29 is 4.74 Å². The van der Waals surface area contributed by atoms with Gasteiger partial charge in [0.15, 0.2) is 0 Å². The van der Waals surface area contributed by atoms with Crippen LogP contribution in [0.2, 0.25) is 5.02 Å². The summed E-state index contributed by atoms with van der Waals surface area (Å²) < 4.78 is 7.23. The first-order valence-electron chi connectivity index (χ1n) is 6.61. The van der Waals surface area contributed by atoms with Crippen LogP contribution < -0.4 is 5.32 Å². The first-order chi connectivity index (χ1) is 9.27. The smallest absolute Gasteiger partial charge is 0.123 e. The first kappa shape index (κ1) is 14.3. The maximum atomic E-state index is 6.29. The fourth-order valence-electron chi connectivity index (χ4n) is 2.16. The maximum Gasteiger partial charge on any atom is 0.123 e. The minimum absolute atomic E-state index is 0.703. The monoisotopic (exact) mass is 281 g/mol. The molecule has 0 fully saturated rings. The van der Waals surface area contributed by atoms with Crippen molar-refractivity contribution in [2.45, 2.75) is 26.4 Å². The van der Waals surface area contributed by atoms with E-state index >= 15 is 0 Å². The van der Waals surface area contributed by atoms with Gasteiger partial charge in [-0.25, -0.2) is 4.98 Å². The Morgan fingerprint density at radius 2 is 2.26 bits per heavy atom. The number of halogens is 1. The highest BCUT2D eigenvalue weighted by molar-refractivity contribution is 6.35. The van der Waals surface area contributed by atoms with Crippen molar-refractivity contribution in [1.82, 2.24) is 14.9 Å². The Morgan fingerprint density at radius 1 is 1.42 bits per heavy atom. The lowest BCUT2D eigenvalue weighted by Crippen LogP contribution is -2.21. The van der Waals surface area contributed by atoms with E-state index in [1.807, 2.05) is 18.2 Å². The molecule has 0 amide bonds. The van der Waals surface area contributed by atoms with Crippen LogP contribution in [0, 0.1) is 0 Å². The van der Waals surface area contributed by atoms with Gasteiger partial charge in [-0.2, -0.15) is 0 Å². The Bertz CT molecular complexity index is 539. The summed E-state index contributed by atoms with van der Waals surface area (Å²) in [6.45, 7) is 5.34. The van der Waals surface area contributed by atoms with E-state index in [-0.39, 0.29) is 0 Å². The predicted molar refractivity (Wildman–Crippen MR) is 78.6 cm³/mol. The molecule has 1 aromatic heterocycles. The van der Waals surface area contributed by atoms with Gasteiger partial charge in [-0.05, 0) is 18.6 Å². The molecule has 1 N–H and O–H groups in total. The number of ether oxygens (including phenoxy) is 1. The number of rotatable bonds is 7. The van der Waals surface area contributed by atoms with E-state index in [9.17, 15) is 0 Å². The molecule has 0 aliphatic heterocycles. The van der Waals surface area contributed by atoms with Crippen molar-refractivity contribution in [1.29, 1.82) is 0 Å². The van der Waals surface area contributed by atoms with Gasteiger partial charge in [0.2, 0.25) is 0 Å². The number of para-hydroxylation sites is 1. The highest BCUT2D eigenvalue weighted by Gasteiger charge is 2.12. The van der Waals surface area contributed by atoms with Gasteiger partial charge < -0.3 is 14.6 Å². The third kappa shape index (κ3) is 3.26. The molecular weight excluding hydrogens is 262 g/mol. The molecule has 2 rings (SSSR count). The van der Waals surface area contributed by atoms with Crippen molar-refractivity contribution >= 4 is 22.6 Å². The molecule has 104 valence electrons. The van der Waals surface area contributed by atoms with E-state index in [0.29, 0.717) is 6.61 Å². The van der Waals surface area contributed by atoms with E-state index in [2.05, 4.69) is 21.8 Å². The maximum absolute atomic E-state index is 6.29. The number of methoxy groups -OCH3 is 1. The molecule has 2 aromatic rings. The van der Waals surface area contributed by atoms with Crippen LogP contribution in [0.3, 0.4) is 0 Å². The largest absolute Gasteiger partial charge is 0.383 e. The number of benzene rings is 1. The van der Waals surface area contributed by atoms with Gasteiger partial charge in [0.25, 0.3) is 0 Å². The Kier molecular flexibility index (Phi) is 5.19. The third-order valence-corrected chi connectivity index (χ3v) is 3.31. The summed E-state index contributed by atoms with van der Waals surface area (Å²) in [4.78, 5) is 4.66. The van der Waals surface area contributed by atoms with Crippen molar-refractivity contribution in [3.63, 3.8) is 0 Å². The molecule has 4 nitrogen and oxygen atoms in total. The number of nitrogens with zero attached hydrogens (tertiary/aromatic N) is 2. The molecule has 1 heterocycles. The van der Waals surface area contributed by atoms with Crippen LogP contribution in [0.1, 0.15) is 19.2 Å². The molecule has 0 aliphatic carbocycles. The van der Waals surface area contributed by atoms with Crippen LogP contribution >= 0.6 is 11.6 Å². The van der Waals surface area contributed by atoms with Crippen LogP contribution in [-0.2, 0) is 17.8 Å². The summed E-state index contributed by atoms with van der Waals surface area (Å²) in [5.41, 5.74) is 2.00. The number of hydrogen-bond acceptors (Lipinski definition) is 3. The minimum atomic E-state index is 0.703. The van der Waals surface area contributed by atoms with E-state index in [1.54, 1.807) is 7.11 Å². The highest BCUT2D eigenvalue weighted by Crippen LogP contribution is 2.24. The first-order valence-corrected chi connectivity index (χ1v) is 6.99. The Labute approximate surface area is 118 Å². The molecule has 0 unspecified atom stereocenters. The van der Waals surface area contributed by atoms with Gasteiger partial charge in [-0.15, -0.1) is 0 Å². The topological polar surface area (TPSA) is 39.1 Å². The zero-order valence-electron chi connectivity index (χ0n) is 11.4. The molecule has 0 saturated heterocycles. The lowest BCUT2D eigenvalue weighted by atomic mass is 10.3. The molecule has 1 aromatic carbocycles. The average molecular weight is 282 g/mol. The second-order valence-electron chi connectivity index (χ2n) is 4.46. The molecular formula is C14H20ClN3O. The lowest BCUT2D eigenvalue weighted by Gasteiger charge is -2.09. The third-order valence-electron chi connectivity index (χ3n) is 3.01. The second-order valence-corrected chi connectivity index (χ2v) is 4.86. The van der Waals surface area contributed by atoms with Crippen LogP contribution in [0.5, 0.6) is 0 Å². The fourth-order valence-corrected chi connectivity index (χ4v) is 2.44. The summed E-state index contributed by atoms with van der Waals surface area (Å²) >= 11 is 6.29. The molecule has 0 saturated carbocycles. The average Bonchev–Trinajstić information content (AvgIpc) is 2.75. The van der Waals surface area contributed by atoms with E-state index < -0.39 is 0 Å². The van der Waals surface area contributed by atoms with Gasteiger partial charge in [-0.3, -0.25) is 0 Å². The summed E-state index contributed by atoms with van der Waals surface area (Å²) in [7, 11) is 1.70. The van der Waals surface area contributed by atoms with Gasteiger partial charge in [0.05, 0.1) is 29.2 Å². The van der Waals surface area contributed by atoms with Crippen molar-refractivity contribution in [3.05, 3.63) is 29.0 Å². The van der Waals surface area contributed by atoms with Gasteiger partial charge >= 0.3 is 0 Å². The highest BCUT2D eigenvalue weighted by atomic mass is 35.5. The summed E-state index contributed by atoms with van der Waals surface area (Å²) in [6.07, 6.45) is 1.06. The number of nitrogens with one attached hydrogen (secondary N) is 1. The standard InChI is InChI=1S/C14H20ClN3O/c1-3-8-18-13(10-16-7-9-19-2)17-12-6-4-5-11(15)14(12)18/h4-6,16H,3,7-10H2,1-2H3. The Morgan fingerprint density at radius 3 is 3.00 bits per heavy atom. The van der Waals surface area contributed by atoms with Crippen LogP contribution in [-0.4, -0.2) is 29.8 Å². The number of aromatic nitrogens is 2. The Balaban J connectivity index is 2.26. The summed E-state index contributed by atoms with van der Waals surface area (Å²) in [5, 5.41) is 4.10. The number of imidazole rings is 1. The minimum Gasteiger partial charge on any atom is -0.383 e. The summed E-state index contributed by atoms with van der Waals surface area (Å²) in [6, 6.07) is 5.86. The van der Waals surface area contributed by atoms with E-state index in [1.165, 1.54) is 0 Å². The normalized spacial score (nSPS) is 11.3.